The van der Waals surface area contributed by atoms with Gasteiger partial charge in [-0.15, -0.1) is 23.2 Å². The van der Waals surface area contributed by atoms with Gasteiger partial charge < -0.3 is 19.6 Å². The third-order valence-electron chi connectivity index (χ3n) is 2.30. The van der Waals surface area contributed by atoms with Crippen molar-refractivity contribution in [3.8, 4) is 0 Å². The largest absolute Gasteiger partial charge is 0.478 e. The van der Waals surface area contributed by atoms with Gasteiger partial charge >= 0.3 is 15.6 Å². The summed E-state index contributed by atoms with van der Waals surface area (Å²) in [7, 11) is -10.1. The molecule has 4 N–H and O–H groups in total. The van der Waals surface area contributed by atoms with Crippen LogP contribution < -0.4 is 0 Å². The second kappa shape index (κ2) is 14.7. The highest BCUT2D eigenvalue weighted by molar-refractivity contribution is 9.09. The zero-order valence-electron chi connectivity index (χ0n) is 12.1. The average molecular weight is 545 g/mol. The minimum Gasteiger partial charge on any atom is -0.302 e. The molecule has 7 nitrogen and oxygen atoms in total. The fourth-order valence-corrected chi connectivity index (χ4v) is 4.07. The van der Waals surface area contributed by atoms with Crippen molar-refractivity contribution in [2.45, 2.75) is 25.7 Å². The fourth-order valence-electron chi connectivity index (χ4n) is 1.55. The Hall–Kier alpha value is 1.54. The van der Waals surface area contributed by atoms with Crippen LogP contribution in [0.4, 0.5) is 0 Å². The van der Waals surface area contributed by atoms with Gasteiger partial charge in [0.2, 0.25) is 0 Å². The first kappa shape index (κ1) is 26.8. The predicted molar refractivity (Wildman–Crippen MR) is 99.7 cm³/mol. The Kier molecular flexibility index (Phi) is 17.1. The third kappa shape index (κ3) is 19.7. The summed E-state index contributed by atoms with van der Waals surface area (Å²) >= 11 is 18.5. The maximum Gasteiger partial charge on any atom is 0.478 e. The number of phosphoric acid groups is 2. The van der Waals surface area contributed by atoms with Crippen LogP contribution in [0.5, 0.6) is 0 Å². The Balaban J connectivity index is 0. The summed E-state index contributed by atoms with van der Waals surface area (Å²) in [6, 6.07) is 0. The van der Waals surface area contributed by atoms with Crippen molar-refractivity contribution in [1.82, 2.24) is 0 Å². The Morgan fingerprint density at radius 2 is 1.09 bits per heavy atom. The molecule has 0 atom stereocenters. The molecule has 0 aromatic heterocycles. The molecule has 0 aliphatic rings. The maximum absolute atomic E-state index is 9.63. The maximum atomic E-state index is 9.63. The second-order valence-electron chi connectivity index (χ2n) is 4.03. The molecular weight excluding hydrogens is 525 g/mol. The highest BCUT2D eigenvalue weighted by Crippen LogP contribution is 2.53. The van der Waals surface area contributed by atoms with Crippen LogP contribution in [0.15, 0.2) is 11.1 Å². The summed E-state index contributed by atoms with van der Waals surface area (Å²) in [4.78, 5) is 31.0. The van der Waals surface area contributed by atoms with Crippen LogP contribution in [0.25, 0.3) is 0 Å². The van der Waals surface area contributed by atoms with Gasteiger partial charge in [0.25, 0.3) is 0 Å². The average Bonchev–Trinajstić information content (AvgIpc) is 2.34. The van der Waals surface area contributed by atoms with Gasteiger partial charge in [-0.25, -0.2) is 9.13 Å². The normalized spacial score (nSPS) is 13.2. The molecule has 0 aliphatic heterocycles. The smallest absolute Gasteiger partial charge is 0.302 e. The van der Waals surface area contributed by atoms with E-state index in [1.807, 2.05) is 0 Å². The van der Waals surface area contributed by atoms with E-state index < -0.39 is 15.6 Å². The molecule has 0 radical (unpaired) electrons. The lowest BCUT2D eigenvalue weighted by Crippen LogP contribution is -1.97. The quantitative estimate of drug-likeness (QED) is 0.184. The zero-order valence-corrected chi connectivity index (χ0v) is 18.5. The number of allylic oxidation sites excluding steroid dienone is 2. The van der Waals surface area contributed by atoms with E-state index in [-0.39, 0.29) is 0 Å². The van der Waals surface area contributed by atoms with Crippen LogP contribution in [0.1, 0.15) is 25.7 Å². The van der Waals surface area contributed by atoms with Crippen molar-refractivity contribution in [2.24, 2.45) is 0 Å². The van der Waals surface area contributed by atoms with Gasteiger partial charge in [-0.1, -0.05) is 43.0 Å². The molecule has 13 heteroatoms. The molecule has 0 aromatic rings. The van der Waals surface area contributed by atoms with E-state index in [0.29, 0.717) is 11.8 Å². The van der Waals surface area contributed by atoms with Crippen LogP contribution in [-0.2, 0) is 13.4 Å². The lowest BCUT2D eigenvalue weighted by Gasteiger charge is -2.12. The molecule has 0 aromatic carbocycles. The molecule has 0 saturated heterocycles. The van der Waals surface area contributed by atoms with E-state index in [1.165, 1.54) is 11.1 Å². The van der Waals surface area contributed by atoms with Crippen molar-refractivity contribution >= 4 is 70.7 Å². The summed E-state index contributed by atoms with van der Waals surface area (Å²) in [5.74, 6) is 1.41. The Labute approximate surface area is 162 Å². The van der Waals surface area contributed by atoms with Crippen LogP contribution >= 0.6 is 70.7 Å². The molecule has 0 fully saturated rings. The highest BCUT2D eigenvalue weighted by Gasteiger charge is 2.27. The van der Waals surface area contributed by atoms with E-state index in [1.54, 1.807) is 0 Å². The molecular formula is C10H20Br2Cl2O7P2. The molecule has 0 amide bonds. The first-order valence-electron chi connectivity index (χ1n) is 6.26. The summed E-state index contributed by atoms with van der Waals surface area (Å²) < 4.78 is 22.2. The SMILES string of the molecule is ClCCC(CCBr)=C(CCCl)CCBr.O=P(O)(O)OP(=O)(O)O. The summed E-state index contributed by atoms with van der Waals surface area (Å²) in [5, 5.41) is 2.01. The van der Waals surface area contributed by atoms with Crippen molar-refractivity contribution in [2.75, 3.05) is 22.4 Å². The topological polar surface area (TPSA) is 124 Å². The minimum atomic E-state index is -5.05. The van der Waals surface area contributed by atoms with E-state index >= 15 is 0 Å². The van der Waals surface area contributed by atoms with E-state index in [2.05, 4.69) is 36.2 Å². The lowest BCUT2D eigenvalue weighted by molar-refractivity contribution is 0.225. The molecule has 0 unspecified atom stereocenters. The Morgan fingerprint density at radius 1 is 0.783 bits per heavy atom. The predicted octanol–water partition coefficient (Wildman–Crippen LogP) is 4.30. The fraction of sp³-hybridized carbons (Fsp3) is 0.800. The van der Waals surface area contributed by atoms with Crippen molar-refractivity contribution in [1.29, 1.82) is 0 Å². The monoisotopic (exact) mass is 542 g/mol. The molecule has 0 heterocycles. The molecule has 23 heavy (non-hydrogen) atoms. The van der Waals surface area contributed by atoms with Crippen molar-refractivity contribution in [3.05, 3.63) is 11.1 Å². The Bertz CT molecular complexity index is 385. The number of hydrogen-bond acceptors (Lipinski definition) is 3. The van der Waals surface area contributed by atoms with E-state index in [4.69, 9.17) is 42.8 Å². The van der Waals surface area contributed by atoms with Crippen LogP contribution in [0, 0.1) is 0 Å². The standard InChI is InChI=1S/C10H16Br2Cl2.H4O7P2/c11-5-1-9(3-7-13)10(2-6-12)4-8-14;1-8(2,3)7-9(4,5)6/h1-8H2;(H2,1,2,3)(H2,4,5,6). The first-order chi connectivity index (χ1) is 10.5. The summed E-state index contributed by atoms with van der Waals surface area (Å²) in [6.07, 6.45) is 4.16. The third-order valence-corrected chi connectivity index (χ3v) is 5.17. The zero-order chi connectivity index (χ0) is 18.5. The van der Waals surface area contributed by atoms with Crippen molar-refractivity contribution in [3.63, 3.8) is 0 Å². The number of rotatable bonds is 10. The van der Waals surface area contributed by atoms with Crippen LogP contribution in [0.2, 0.25) is 0 Å². The van der Waals surface area contributed by atoms with Crippen molar-refractivity contribution < 1.29 is 33.0 Å². The Morgan fingerprint density at radius 3 is 1.22 bits per heavy atom. The molecule has 0 aliphatic carbocycles. The van der Waals surface area contributed by atoms with Gasteiger partial charge in [0.05, 0.1) is 0 Å². The van der Waals surface area contributed by atoms with Gasteiger partial charge in [0.15, 0.2) is 0 Å². The molecule has 140 valence electrons. The molecule has 0 saturated carbocycles. The number of halogens is 4. The molecule has 0 spiro atoms. The molecule has 0 bridgehead atoms. The van der Waals surface area contributed by atoms with Gasteiger partial charge in [-0.2, -0.15) is 4.31 Å². The molecule has 0 rings (SSSR count). The highest BCUT2D eigenvalue weighted by atomic mass is 79.9. The van der Waals surface area contributed by atoms with Gasteiger partial charge in [-0.05, 0) is 25.7 Å². The second-order valence-corrected chi connectivity index (χ2v) is 8.98. The van der Waals surface area contributed by atoms with Gasteiger partial charge in [-0.3, -0.25) is 0 Å². The summed E-state index contributed by atoms with van der Waals surface area (Å²) in [6.45, 7) is 0. The number of hydrogen-bond donors (Lipinski definition) is 4. The summed E-state index contributed by atoms with van der Waals surface area (Å²) in [5.41, 5.74) is 2.97. The van der Waals surface area contributed by atoms with E-state index in [0.717, 1.165) is 36.3 Å². The van der Waals surface area contributed by atoms with Crippen LogP contribution in [0.3, 0.4) is 0 Å². The van der Waals surface area contributed by atoms with E-state index in [9.17, 15) is 9.13 Å². The lowest BCUT2D eigenvalue weighted by atomic mass is 9.99. The van der Waals surface area contributed by atoms with Gasteiger partial charge in [0.1, 0.15) is 0 Å². The first-order valence-corrected chi connectivity index (χ1v) is 12.6. The van der Waals surface area contributed by atoms with Gasteiger partial charge in [0, 0.05) is 22.4 Å². The minimum absolute atomic E-state index is 0.705. The van der Waals surface area contributed by atoms with Crippen LogP contribution in [-0.4, -0.2) is 42.0 Å². The number of alkyl halides is 4.